The van der Waals surface area contributed by atoms with Crippen LogP contribution in [0.1, 0.15) is 24.0 Å². The van der Waals surface area contributed by atoms with Crippen LogP contribution in [-0.4, -0.2) is 36.1 Å². The summed E-state index contributed by atoms with van der Waals surface area (Å²) in [5, 5.41) is 12.2. The van der Waals surface area contributed by atoms with Gasteiger partial charge in [-0.25, -0.2) is 13.4 Å². The van der Waals surface area contributed by atoms with Gasteiger partial charge in [0.1, 0.15) is 0 Å². The average Bonchev–Trinajstić information content (AvgIpc) is 2.73. The Morgan fingerprint density at radius 2 is 2.41 bits per heavy atom. The van der Waals surface area contributed by atoms with Crippen molar-refractivity contribution >= 4 is 21.2 Å². The van der Waals surface area contributed by atoms with Crippen molar-refractivity contribution in [1.82, 2.24) is 4.98 Å². The molecule has 1 aliphatic rings. The van der Waals surface area contributed by atoms with Crippen LogP contribution in [0.15, 0.2) is 5.38 Å². The molecule has 2 unspecified atom stereocenters. The molecule has 1 aromatic heterocycles. The molecule has 1 fully saturated rings. The molecule has 2 heterocycles. The fraction of sp³-hybridized carbons (Fsp3) is 0.727. The normalized spacial score (nSPS) is 24.9. The number of sulfone groups is 1. The highest BCUT2D eigenvalue weighted by atomic mass is 32.2. The number of aromatic nitrogens is 1. The number of rotatable bonds is 4. The zero-order chi connectivity index (χ0) is 12.5. The minimum absolute atomic E-state index is 0.227. The summed E-state index contributed by atoms with van der Waals surface area (Å²) < 4.78 is 22.7. The number of nitrogens with zero attached hydrogens (tertiary/aromatic N) is 1. The molecule has 0 amide bonds. The first kappa shape index (κ1) is 13.0. The molecule has 4 nitrogen and oxygen atoms in total. The minimum Gasteiger partial charge on any atom is -0.393 e. The Morgan fingerprint density at radius 1 is 1.65 bits per heavy atom. The Balaban J connectivity index is 1.93. The molecule has 1 saturated heterocycles. The largest absolute Gasteiger partial charge is 0.393 e. The fourth-order valence-corrected chi connectivity index (χ4v) is 4.90. The lowest BCUT2D eigenvalue weighted by atomic mass is 10.1. The topological polar surface area (TPSA) is 67.3 Å². The Morgan fingerprint density at radius 3 is 3.00 bits per heavy atom. The van der Waals surface area contributed by atoms with E-state index >= 15 is 0 Å². The van der Waals surface area contributed by atoms with E-state index in [1.807, 2.05) is 5.38 Å². The van der Waals surface area contributed by atoms with E-state index in [4.69, 9.17) is 0 Å². The van der Waals surface area contributed by atoms with E-state index in [0.717, 1.165) is 23.5 Å². The summed E-state index contributed by atoms with van der Waals surface area (Å²) >= 11 is 1.56. The molecule has 6 heteroatoms. The molecule has 17 heavy (non-hydrogen) atoms. The Bertz CT molecular complexity index is 479. The van der Waals surface area contributed by atoms with Gasteiger partial charge < -0.3 is 5.11 Å². The first-order valence-electron chi connectivity index (χ1n) is 5.76. The molecule has 0 spiro atoms. The fourth-order valence-electron chi connectivity index (χ4n) is 2.12. The molecule has 2 rings (SSSR count). The molecule has 2 atom stereocenters. The molecule has 0 bridgehead atoms. The number of aliphatic hydroxyl groups excluding tert-OH is 1. The van der Waals surface area contributed by atoms with E-state index in [-0.39, 0.29) is 12.0 Å². The summed E-state index contributed by atoms with van der Waals surface area (Å²) in [6, 6.07) is 0. The predicted molar refractivity (Wildman–Crippen MR) is 68.0 cm³/mol. The summed E-state index contributed by atoms with van der Waals surface area (Å²) in [5.41, 5.74) is 0.904. The lowest BCUT2D eigenvalue weighted by molar-refractivity contribution is 0.194. The van der Waals surface area contributed by atoms with Crippen molar-refractivity contribution in [3.8, 4) is 0 Å². The van der Waals surface area contributed by atoms with E-state index in [1.165, 1.54) is 0 Å². The second-order valence-corrected chi connectivity index (χ2v) is 7.93. The van der Waals surface area contributed by atoms with E-state index in [2.05, 4.69) is 4.98 Å². The van der Waals surface area contributed by atoms with Crippen LogP contribution in [0.25, 0.3) is 0 Å². The third kappa shape index (κ3) is 3.76. The van der Waals surface area contributed by atoms with Gasteiger partial charge in [-0.15, -0.1) is 11.3 Å². The lowest BCUT2D eigenvalue weighted by Gasteiger charge is -2.03. The highest BCUT2D eigenvalue weighted by Crippen LogP contribution is 2.24. The van der Waals surface area contributed by atoms with Gasteiger partial charge in [0.05, 0.1) is 28.3 Å². The highest BCUT2D eigenvalue weighted by Gasteiger charge is 2.28. The average molecular weight is 275 g/mol. The summed E-state index contributed by atoms with van der Waals surface area (Å²) in [6.45, 7) is 1.74. The monoisotopic (exact) mass is 275 g/mol. The molecular weight excluding hydrogens is 258 g/mol. The lowest BCUT2D eigenvalue weighted by Crippen LogP contribution is -2.08. The standard InChI is InChI=1S/C11H17NO3S2/c1-8(13)4-10-6-16-11(12-10)5-9-2-3-17(14,15)7-9/h6,8-9,13H,2-5,7H2,1H3. The highest BCUT2D eigenvalue weighted by molar-refractivity contribution is 7.91. The molecular formula is C11H17NO3S2. The van der Waals surface area contributed by atoms with Gasteiger partial charge in [-0.1, -0.05) is 0 Å². The van der Waals surface area contributed by atoms with Crippen molar-refractivity contribution in [2.24, 2.45) is 5.92 Å². The Kier molecular flexibility index (Phi) is 3.85. The summed E-state index contributed by atoms with van der Waals surface area (Å²) in [4.78, 5) is 4.43. The summed E-state index contributed by atoms with van der Waals surface area (Å²) in [5.74, 6) is 0.854. The zero-order valence-electron chi connectivity index (χ0n) is 9.80. The van der Waals surface area contributed by atoms with Crippen molar-refractivity contribution in [2.45, 2.75) is 32.3 Å². The van der Waals surface area contributed by atoms with E-state index in [1.54, 1.807) is 18.3 Å². The van der Waals surface area contributed by atoms with Crippen LogP contribution < -0.4 is 0 Å². The Labute approximate surface area is 106 Å². The van der Waals surface area contributed by atoms with Crippen molar-refractivity contribution < 1.29 is 13.5 Å². The van der Waals surface area contributed by atoms with Crippen LogP contribution in [0.4, 0.5) is 0 Å². The van der Waals surface area contributed by atoms with Crippen molar-refractivity contribution in [3.05, 3.63) is 16.1 Å². The predicted octanol–water partition coefficient (Wildman–Crippen LogP) is 1.04. The van der Waals surface area contributed by atoms with Crippen LogP contribution in [0.2, 0.25) is 0 Å². The second-order valence-electron chi connectivity index (χ2n) is 4.76. The van der Waals surface area contributed by atoms with Gasteiger partial charge in [-0.3, -0.25) is 0 Å². The van der Waals surface area contributed by atoms with Crippen molar-refractivity contribution in [1.29, 1.82) is 0 Å². The number of hydrogen-bond acceptors (Lipinski definition) is 5. The maximum Gasteiger partial charge on any atom is 0.150 e. The molecule has 1 aliphatic heterocycles. The van der Waals surface area contributed by atoms with Crippen LogP contribution in [-0.2, 0) is 22.7 Å². The Hall–Kier alpha value is -0.460. The quantitative estimate of drug-likeness (QED) is 0.891. The molecule has 96 valence electrons. The third-order valence-electron chi connectivity index (χ3n) is 2.89. The number of thiazole rings is 1. The maximum absolute atomic E-state index is 11.3. The van der Waals surface area contributed by atoms with Gasteiger partial charge in [0, 0.05) is 18.2 Å². The van der Waals surface area contributed by atoms with Crippen LogP contribution >= 0.6 is 11.3 Å². The molecule has 0 saturated carbocycles. The van der Waals surface area contributed by atoms with Gasteiger partial charge in [0.15, 0.2) is 9.84 Å². The SMILES string of the molecule is CC(O)Cc1csc(CC2CCS(=O)(=O)C2)n1. The summed E-state index contributed by atoms with van der Waals surface area (Å²) in [6.07, 6.45) is 1.70. The van der Waals surface area contributed by atoms with E-state index in [0.29, 0.717) is 17.9 Å². The molecule has 0 aromatic carbocycles. The molecule has 0 radical (unpaired) electrons. The molecule has 0 aliphatic carbocycles. The first-order chi connectivity index (χ1) is 7.94. The first-order valence-corrected chi connectivity index (χ1v) is 8.46. The van der Waals surface area contributed by atoms with Crippen LogP contribution in [0, 0.1) is 5.92 Å². The second kappa shape index (κ2) is 5.04. The maximum atomic E-state index is 11.3. The minimum atomic E-state index is -2.79. The van der Waals surface area contributed by atoms with E-state index < -0.39 is 9.84 Å². The van der Waals surface area contributed by atoms with Gasteiger partial charge in [0.25, 0.3) is 0 Å². The van der Waals surface area contributed by atoms with Gasteiger partial charge in [-0.05, 0) is 19.3 Å². The van der Waals surface area contributed by atoms with Crippen LogP contribution in [0.3, 0.4) is 0 Å². The number of hydrogen-bond donors (Lipinski definition) is 1. The van der Waals surface area contributed by atoms with Crippen molar-refractivity contribution in [3.63, 3.8) is 0 Å². The van der Waals surface area contributed by atoms with Crippen LogP contribution in [0.5, 0.6) is 0 Å². The molecule has 1 N–H and O–H groups in total. The smallest absolute Gasteiger partial charge is 0.150 e. The van der Waals surface area contributed by atoms with Gasteiger partial charge in [-0.2, -0.15) is 0 Å². The van der Waals surface area contributed by atoms with Gasteiger partial charge >= 0.3 is 0 Å². The zero-order valence-corrected chi connectivity index (χ0v) is 11.4. The summed E-state index contributed by atoms with van der Waals surface area (Å²) in [7, 11) is -2.79. The third-order valence-corrected chi connectivity index (χ3v) is 5.65. The number of aliphatic hydroxyl groups is 1. The van der Waals surface area contributed by atoms with Crippen molar-refractivity contribution in [2.75, 3.05) is 11.5 Å². The molecule has 1 aromatic rings. The van der Waals surface area contributed by atoms with Gasteiger partial charge in [0.2, 0.25) is 0 Å². The van der Waals surface area contributed by atoms with E-state index in [9.17, 15) is 13.5 Å².